The van der Waals surface area contributed by atoms with Crippen LogP contribution in [0.25, 0.3) is 0 Å². The zero-order valence-corrected chi connectivity index (χ0v) is 10.4. The smallest absolute Gasteiger partial charge is 0.223 e. The van der Waals surface area contributed by atoms with E-state index < -0.39 is 0 Å². The monoisotopic (exact) mass is 222 g/mol. The number of likely N-dealkylation sites (tertiary alicyclic amines) is 1. The van der Waals surface area contributed by atoms with Crippen molar-refractivity contribution in [3.63, 3.8) is 0 Å². The summed E-state index contributed by atoms with van der Waals surface area (Å²) in [6.45, 7) is 6.57. The molecule has 1 saturated heterocycles. The Morgan fingerprint density at radius 3 is 2.69 bits per heavy atom. The number of rotatable bonds is 5. The molecule has 1 N–H and O–H groups in total. The van der Waals surface area contributed by atoms with Crippen LogP contribution in [0.4, 0.5) is 0 Å². The molecule has 0 bridgehead atoms. The normalized spacial score (nSPS) is 15.4. The summed E-state index contributed by atoms with van der Waals surface area (Å²) >= 11 is 0. The van der Waals surface area contributed by atoms with E-state index in [1.54, 1.807) is 0 Å². The number of hydrogen-bond acceptors (Lipinski definition) is 2. The Morgan fingerprint density at radius 1 is 1.38 bits per heavy atom. The van der Waals surface area contributed by atoms with E-state index in [1.807, 2.05) is 4.90 Å². The van der Waals surface area contributed by atoms with E-state index in [-0.39, 0.29) is 5.91 Å². The molecular weight excluding hydrogens is 200 g/mol. The summed E-state index contributed by atoms with van der Waals surface area (Å²) < 4.78 is 0. The van der Waals surface area contributed by atoms with Crippen LogP contribution in [0.2, 0.25) is 0 Å². The minimum Gasteiger partial charge on any atom is -0.332 e. The van der Waals surface area contributed by atoms with Gasteiger partial charge in [-0.1, -0.05) is 25.7 Å². The molecule has 1 rings (SSSR count). The van der Waals surface area contributed by atoms with Crippen molar-refractivity contribution in [3.05, 3.63) is 0 Å². The van der Waals surface area contributed by atoms with Gasteiger partial charge in [0.05, 0.1) is 13.1 Å². The molecule has 16 heavy (non-hydrogen) atoms. The molecule has 0 aromatic heterocycles. The van der Waals surface area contributed by atoms with Gasteiger partial charge in [-0.05, 0) is 19.3 Å². The van der Waals surface area contributed by atoms with Crippen molar-refractivity contribution in [2.75, 3.05) is 19.6 Å². The first kappa shape index (κ1) is 13.1. The first-order valence-electron chi connectivity index (χ1n) is 6.24. The van der Waals surface area contributed by atoms with Gasteiger partial charge in [-0.2, -0.15) is 0 Å². The lowest BCUT2D eigenvalue weighted by atomic mass is 10.2. The summed E-state index contributed by atoms with van der Waals surface area (Å²) in [5, 5.41) is 3.38. The second-order valence-corrected chi connectivity index (χ2v) is 4.17. The molecule has 3 nitrogen and oxygen atoms in total. The highest BCUT2D eigenvalue weighted by atomic mass is 16.2. The van der Waals surface area contributed by atoms with Crippen LogP contribution in [-0.4, -0.2) is 36.5 Å². The molecule has 0 saturated carbocycles. The molecule has 1 aliphatic rings. The van der Waals surface area contributed by atoms with E-state index in [0.29, 0.717) is 19.0 Å². The van der Waals surface area contributed by atoms with E-state index in [1.165, 1.54) is 0 Å². The van der Waals surface area contributed by atoms with E-state index in [4.69, 9.17) is 0 Å². The van der Waals surface area contributed by atoms with Crippen LogP contribution in [0.1, 0.15) is 39.5 Å². The number of nitrogens with one attached hydrogen (secondary N) is 1. The lowest BCUT2D eigenvalue weighted by Crippen LogP contribution is -2.28. The number of carbonyl (C=O) groups excluding carboxylic acids is 1. The number of carbonyl (C=O) groups is 1. The van der Waals surface area contributed by atoms with E-state index >= 15 is 0 Å². The maximum atomic E-state index is 11.3. The zero-order valence-electron chi connectivity index (χ0n) is 10.4. The van der Waals surface area contributed by atoms with Gasteiger partial charge in [0.1, 0.15) is 0 Å². The van der Waals surface area contributed by atoms with Crippen molar-refractivity contribution in [3.8, 4) is 11.8 Å². The third-order valence-corrected chi connectivity index (χ3v) is 3.03. The molecule has 0 radical (unpaired) electrons. The third-order valence-electron chi connectivity index (χ3n) is 3.03. The van der Waals surface area contributed by atoms with E-state index in [2.05, 4.69) is 31.0 Å². The molecule has 0 aliphatic carbocycles. The topological polar surface area (TPSA) is 32.3 Å². The van der Waals surface area contributed by atoms with Crippen LogP contribution in [0.15, 0.2) is 0 Å². The number of hydrogen-bond donors (Lipinski definition) is 1. The molecule has 0 aromatic carbocycles. The minimum atomic E-state index is 0.252. The fourth-order valence-corrected chi connectivity index (χ4v) is 1.86. The standard InChI is InChI=1S/C13H22N2O/c1-3-12(4-2)14-9-5-6-10-15-11-7-8-13(15)16/h12,14H,3-4,7-11H2,1-2H3. The Bertz CT molecular complexity index is 273. The van der Waals surface area contributed by atoms with Gasteiger partial charge in [-0.3, -0.25) is 4.79 Å². The fourth-order valence-electron chi connectivity index (χ4n) is 1.86. The van der Waals surface area contributed by atoms with Gasteiger partial charge in [-0.25, -0.2) is 0 Å². The quantitative estimate of drug-likeness (QED) is 0.713. The van der Waals surface area contributed by atoms with E-state index in [9.17, 15) is 4.79 Å². The first-order chi connectivity index (χ1) is 7.77. The third kappa shape index (κ3) is 4.24. The molecule has 90 valence electrons. The van der Waals surface area contributed by atoms with Crippen molar-refractivity contribution in [2.45, 2.75) is 45.6 Å². The number of nitrogens with zero attached hydrogens (tertiary/aromatic N) is 1. The second-order valence-electron chi connectivity index (χ2n) is 4.17. The van der Waals surface area contributed by atoms with Gasteiger partial charge < -0.3 is 10.2 Å². The Labute approximate surface area is 98.6 Å². The summed E-state index contributed by atoms with van der Waals surface area (Å²) in [6, 6.07) is 0.572. The van der Waals surface area contributed by atoms with Crippen LogP contribution >= 0.6 is 0 Å². The van der Waals surface area contributed by atoms with Crippen LogP contribution in [0.3, 0.4) is 0 Å². The number of amides is 1. The summed E-state index contributed by atoms with van der Waals surface area (Å²) in [6.07, 6.45) is 3.98. The van der Waals surface area contributed by atoms with Crippen molar-refractivity contribution in [1.29, 1.82) is 0 Å². The molecule has 1 amide bonds. The van der Waals surface area contributed by atoms with Crippen LogP contribution < -0.4 is 5.32 Å². The summed E-state index contributed by atoms with van der Waals surface area (Å²) in [5.41, 5.74) is 0. The Kier molecular flexibility index (Phi) is 5.95. The highest BCUT2D eigenvalue weighted by molar-refractivity contribution is 5.78. The Balaban J connectivity index is 2.15. The van der Waals surface area contributed by atoms with Gasteiger partial charge >= 0.3 is 0 Å². The lowest BCUT2D eigenvalue weighted by molar-refractivity contribution is -0.127. The average molecular weight is 222 g/mol. The van der Waals surface area contributed by atoms with Crippen LogP contribution in [0.5, 0.6) is 0 Å². The van der Waals surface area contributed by atoms with Crippen molar-refractivity contribution in [2.24, 2.45) is 0 Å². The van der Waals surface area contributed by atoms with Crippen molar-refractivity contribution >= 4 is 5.91 Å². The van der Waals surface area contributed by atoms with Gasteiger partial charge in [-0.15, -0.1) is 0 Å². The van der Waals surface area contributed by atoms with E-state index in [0.717, 1.165) is 32.4 Å². The van der Waals surface area contributed by atoms with Gasteiger partial charge in [0.15, 0.2) is 0 Å². The molecule has 1 heterocycles. The average Bonchev–Trinajstić information content (AvgIpc) is 2.70. The minimum absolute atomic E-state index is 0.252. The van der Waals surface area contributed by atoms with Crippen LogP contribution in [-0.2, 0) is 4.79 Å². The Hall–Kier alpha value is -1.01. The lowest BCUT2D eigenvalue weighted by Gasteiger charge is -2.12. The van der Waals surface area contributed by atoms with Gasteiger partial charge in [0.2, 0.25) is 5.91 Å². The second kappa shape index (κ2) is 7.29. The molecule has 1 aliphatic heterocycles. The molecule has 0 atom stereocenters. The molecule has 0 spiro atoms. The molecule has 0 aromatic rings. The molecule has 0 unspecified atom stereocenters. The van der Waals surface area contributed by atoms with Gasteiger partial charge in [0.25, 0.3) is 0 Å². The summed E-state index contributed by atoms with van der Waals surface area (Å²) in [7, 11) is 0. The SMILES string of the molecule is CCC(CC)NCC#CCN1CCCC1=O. The van der Waals surface area contributed by atoms with Crippen molar-refractivity contribution in [1.82, 2.24) is 10.2 Å². The Morgan fingerprint density at radius 2 is 2.12 bits per heavy atom. The summed E-state index contributed by atoms with van der Waals surface area (Å²) in [4.78, 5) is 13.1. The highest BCUT2D eigenvalue weighted by Crippen LogP contribution is 2.07. The molecular formula is C13H22N2O. The molecule has 3 heteroatoms. The van der Waals surface area contributed by atoms with Crippen molar-refractivity contribution < 1.29 is 4.79 Å². The fraction of sp³-hybridized carbons (Fsp3) is 0.769. The highest BCUT2D eigenvalue weighted by Gasteiger charge is 2.18. The zero-order chi connectivity index (χ0) is 11.8. The van der Waals surface area contributed by atoms with Gasteiger partial charge in [0, 0.05) is 19.0 Å². The molecule has 1 fully saturated rings. The predicted octanol–water partition coefficient (Wildman–Crippen LogP) is 1.39. The first-order valence-corrected chi connectivity index (χ1v) is 6.24. The van der Waals surface area contributed by atoms with Crippen LogP contribution in [0, 0.1) is 11.8 Å². The largest absolute Gasteiger partial charge is 0.332 e. The maximum Gasteiger partial charge on any atom is 0.223 e. The maximum absolute atomic E-state index is 11.3. The predicted molar refractivity (Wildman–Crippen MR) is 66.0 cm³/mol. The summed E-state index contributed by atoms with van der Waals surface area (Å²) in [5.74, 6) is 6.38.